The second-order valence-electron chi connectivity index (χ2n) is 5.53. The molecule has 0 bridgehead atoms. The number of nitrogens with two attached hydrogens (primary N) is 2. The Bertz CT molecular complexity index is 646. The van der Waals surface area contributed by atoms with E-state index in [4.69, 9.17) is 21.7 Å². The third-order valence-corrected chi connectivity index (χ3v) is 3.61. The number of rotatable bonds is 7. The van der Waals surface area contributed by atoms with Crippen LogP contribution in [0.25, 0.3) is 0 Å². The quantitative estimate of drug-likeness (QED) is 0.392. The summed E-state index contributed by atoms with van der Waals surface area (Å²) in [6, 6.07) is 13.3. The zero-order valence-corrected chi connectivity index (χ0v) is 13.2. The van der Waals surface area contributed by atoms with Crippen LogP contribution in [0.4, 0.5) is 22.7 Å². The number of hydrogen-bond acceptors (Lipinski definition) is 6. The summed E-state index contributed by atoms with van der Waals surface area (Å²) in [6.45, 7) is 1.10. The number of anilines is 4. The number of para-hydroxylation sites is 2. The Kier molecular flexibility index (Phi) is 5.67. The number of benzene rings is 2. The Morgan fingerprint density at radius 1 is 1.13 bits per heavy atom. The molecule has 6 nitrogen and oxygen atoms in total. The van der Waals surface area contributed by atoms with E-state index in [0.717, 1.165) is 16.9 Å². The van der Waals surface area contributed by atoms with Gasteiger partial charge < -0.3 is 31.9 Å². The summed E-state index contributed by atoms with van der Waals surface area (Å²) in [7, 11) is 1.98. The molecule has 7 N–H and O–H groups in total. The molecule has 2 aromatic rings. The minimum absolute atomic E-state index is 0.264. The summed E-state index contributed by atoms with van der Waals surface area (Å²) in [5, 5.41) is 21.1. The molecule has 0 aliphatic heterocycles. The van der Waals surface area contributed by atoms with Crippen molar-refractivity contribution in [3.05, 3.63) is 48.0 Å². The molecule has 124 valence electrons. The predicted octanol–water partition coefficient (Wildman–Crippen LogP) is 1.60. The molecule has 0 atom stereocenters. The fraction of sp³-hybridized carbons (Fsp3) is 0.294. The molecule has 0 saturated carbocycles. The van der Waals surface area contributed by atoms with Crippen molar-refractivity contribution in [2.45, 2.75) is 19.3 Å². The Morgan fingerprint density at radius 2 is 1.87 bits per heavy atom. The van der Waals surface area contributed by atoms with Gasteiger partial charge in [-0.2, -0.15) is 0 Å². The Morgan fingerprint density at radius 3 is 2.61 bits per heavy atom. The van der Waals surface area contributed by atoms with Crippen LogP contribution in [0.3, 0.4) is 0 Å². The number of aliphatic hydroxyl groups excluding tert-OH is 1. The van der Waals surface area contributed by atoms with Crippen molar-refractivity contribution < 1.29 is 10.2 Å². The standard InChI is InChI=1S/C17H24N4O2/c1-21(11-12-10-13(18)6-7-14(12)19)16-5-3-2-4-15(16)20-9-8-17(22)23/h2-7,10,17,20,22-23H,8-9,11,18-19H2,1H3. The van der Waals surface area contributed by atoms with Gasteiger partial charge in [0, 0.05) is 37.9 Å². The number of aliphatic hydroxyl groups is 2. The molecule has 0 aliphatic rings. The molecular formula is C17H24N4O2. The number of nitrogens with zero attached hydrogens (tertiary/aromatic N) is 1. The van der Waals surface area contributed by atoms with Crippen LogP contribution in [-0.4, -0.2) is 30.1 Å². The Balaban J connectivity index is 2.12. The van der Waals surface area contributed by atoms with Crippen LogP contribution in [0, 0.1) is 0 Å². The highest BCUT2D eigenvalue weighted by Crippen LogP contribution is 2.27. The SMILES string of the molecule is CN(Cc1cc(N)ccc1N)c1ccccc1NCCC(O)O. The van der Waals surface area contributed by atoms with E-state index in [9.17, 15) is 0 Å². The lowest BCUT2D eigenvalue weighted by Crippen LogP contribution is -2.20. The van der Waals surface area contributed by atoms with Crippen molar-refractivity contribution >= 4 is 22.7 Å². The van der Waals surface area contributed by atoms with Gasteiger partial charge in [0.15, 0.2) is 6.29 Å². The Hall–Kier alpha value is -2.44. The zero-order valence-electron chi connectivity index (χ0n) is 13.2. The maximum atomic E-state index is 8.94. The summed E-state index contributed by atoms with van der Waals surface area (Å²) in [6.07, 6.45) is -1.04. The third kappa shape index (κ3) is 4.77. The van der Waals surface area contributed by atoms with Crippen LogP contribution in [-0.2, 0) is 6.54 Å². The van der Waals surface area contributed by atoms with E-state index >= 15 is 0 Å². The van der Waals surface area contributed by atoms with Crippen molar-refractivity contribution in [2.24, 2.45) is 0 Å². The molecule has 0 fully saturated rings. The molecule has 0 saturated heterocycles. The molecule has 23 heavy (non-hydrogen) atoms. The first kappa shape index (κ1) is 16.9. The van der Waals surface area contributed by atoms with Gasteiger partial charge in [-0.05, 0) is 35.9 Å². The smallest absolute Gasteiger partial charge is 0.153 e. The van der Waals surface area contributed by atoms with E-state index < -0.39 is 6.29 Å². The molecule has 2 aromatic carbocycles. The van der Waals surface area contributed by atoms with E-state index in [1.165, 1.54) is 0 Å². The van der Waals surface area contributed by atoms with Crippen LogP contribution in [0.15, 0.2) is 42.5 Å². The summed E-state index contributed by atoms with van der Waals surface area (Å²) < 4.78 is 0. The van der Waals surface area contributed by atoms with Crippen LogP contribution < -0.4 is 21.7 Å². The lowest BCUT2D eigenvalue weighted by atomic mass is 10.1. The number of nitrogens with one attached hydrogen (secondary N) is 1. The van der Waals surface area contributed by atoms with Gasteiger partial charge in [0.2, 0.25) is 0 Å². The molecule has 0 amide bonds. The fourth-order valence-electron chi connectivity index (χ4n) is 2.40. The molecular weight excluding hydrogens is 292 g/mol. The van der Waals surface area contributed by atoms with E-state index in [1.807, 2.05) is 43.4 Å². The van der Waals surface area contributed by atoms with Crippen LogP contribution in [0.2, 0.25) is 0 Å². The maximum absolute atomic E-state index is 8.94. The van der Waals surface area contributed by atoms with Gasteiger partial charge in [0.1, 0.15) is 0 Å². The van der Waals surface area contributed by atoms with Crippen molar-refractivity contribution in [1.82, 2.24) is 0 Å². The van der Waals surface area contributed by atoms with Crippen LogP contribution in [0.5, 0.6) is 0 Å². The lowest BCUT2D eigenvalue weighted by molar-refractivity contribution is -0.0423. The zero-order chi connectivity index (χ0) is 16.8. The molecule has 0 heterocycles. The third-order valence-electron chi connectivity index (χ3n) is 3.61. The molecule has 0 aromatic heterocycles. The largest absolute Gasteiger partial charge is 0.399 e. The highest BCUT2D eigenvalue weighted by Gasteiger charge is 2.10. The summed E-state index contributed by atoms with van der Waals surface area (Å²) in [4.78, 5) is 2.07. The van der Waals surface area contributed by atoms with Gasteiger partial charge in [-0.3, -0.25) is 0 Å². The second-order valence-corrected chi connectivity index (χ2v) is 5.53. The molecule has 0 aliphatic carbocycles. The predicted molar refractivity (Wildman–Crippen MR) is 95.1 cm³/mol. The van der Waals surface area contributed by atoms with Crippen LogP contribution in [0.1, 0.15) is 12.0 Å². The Labute approximate surface area is 136 Å². The van der Waals surface area contributed by atoms with Crippen LogP contribution >= 0.6 is 0 Å². The summed E-state index contributed by atoms with van der Waals surface area (Å²) in [5.41, 5.74) is 16.1. The van der Waals surface area contributed by atoms with Gasteiger partial charge in [0.05, 0.1) is 11.4 Å². The molecule has 0 spiro atoms. The van der Waals surface area contributed by atoms with Gasteiger partial charge in [-0.1, -0.05) is 12.1 Å². The average Bonchev–Trinajstić information content (AvgIpc) is 2.51. The topological polar surface area (TPSA) is 108 Å². The van der Waals surface area contributed by atoms with Crippen molar-refractivity contribution in [3.8, 4) is 0 Å². The molecule has 2 rings (SSSR count). The minimum Gasteiger partial charge on any atom is -0.399 e. The minimum atomic E-state index is -1.31. The monoisotopic (exact) mass is 316 g/mol. The first-order chi connectivity index (χ1) is 11.0. The highest BCUT2D eigenvalue weighted by atomic mass is 16.5. The first-order valence-corrected chi connectivity index (χ1v) is 7.51. The average molecular weight is 316 g/mol. The molecule has 0 radical (unpaired) electrons. The second kappa shape index (κ2) is 7.71. The number of nitrogen functional groups attached to an aromatic ring is 2. The van der Waals surface area contributed by atoms with Gasteiger partial charge in [-0.25, -0.2) is 0 Å². The fourth-order valence-corrected chi connectivity index (χ4v) is 2.40. The highest BCUT2D eigenvalue weighted by molar-refractivity contribution is 5.70. The molecule has 6 heteroatoms. The van der Waals surface area contributed by atoms with E-state index in [-0.39, 0.29) is 6.42 Å². The lowest BCUT2D eigenvalue weighted by Gasteiger charge is -2.24. The first-order valence-electron chi connectivity index (χ1n) is 7.51. The van der Waals surface area contributed by atoms with Gasteiger partial charge in [-0.15, -0.1) is 0 Å². The summed E-state index contributed by atoms with van der Waals surface area (Å²) >= 11 is 0. The maximum Gasteiger partial charge on any atom is 0.153 e. The normalized spacial score (nSPS) is 10.8. The van der Waals surface area contributed by atoms with Crippen molar-refractivity contribution in [2.75, 3.05) is 35.3 Å². The summed E-state index contributed by atoms with van der Waals surface area (Å²) in [5.74, 6) is 0. The van der Waals surface area contributed by atoms with E-state index in [0.29, 0.717) is 24.5 Å². The van der Waals surface area contributed by atoms with E-state index in [1.54, 1.807) is 6.07 Å². The van der Waals surface area contributed by atoms with Gasteiger partial charge in [0.25, 0.3) is 0 Å². The number of hydrogen-bond donors (Lipinski definition) is 5. The van der Waals surface area contributed by atoms with Crippen molar-refractivity contribution in [3.63, 3.8) is 0 Å². The van der Waals surface area contributed by atoms with Crippen molar-refractivity contribution in [1.29, 1.82) is 0 Å². The van der Waals surface area contributed by atoms with Gasteiger partial charge >= 0.3 is 0 Å². The van der Waals surface area contributed by atoms with E-state index in [2.05, 4.69) is 10.2 Å². The molecule has 0 unspecified atom stereocenters.